The van der Waals surface area contributed by atoms with Gasteiger partial charge in [-0.05, 0) is 30.2 Å². The summed E-state index contributed by atoms with van der Waals surface area (Å²) in [7, 11) is 0. The number of hydrogen-bond donors (Lipinski definition) is 1. The van der Waals surface area contributed by atoms with Crippen molar-refractivity contribution in [3.05, 3.63) is 44.8 Å². The summed E-state index contributed by atoms with van der Waals surface area (Å²) in [5, 5.41) is 12.8. The van der Waals surface area contributed by atoms with Crippen molar-refractivity contribution in [2.75, 3.05) is 11.9 Å². The third-order valence-corrected chi connectivity index (χ3v) is 6.59. The molecule has 0 radical (unpaired) electrons. The van der Waals surface area contributed by atoms with Crippen LogP contribution in [0.2, 0.25) is 5.02 Å². The summed E-state index contributed by atoms with van der Waals surface area (Å²) in [6.07, 6.45) is 4.89. The van der Waals surface area contributed by atoms with Crippen LogP contribution in [-0.4, -0.2) is 37.8 Å². The minimum absolute atomic E-state index is 0.130. The van der Waals surface area contributed by atoms with Gasteiger partial charge in [0.1, 0.15) is 9.33 Å². The summed E-state index contributed by atoms with van der Waals surface area (Å²) in [5.41, 5.74) is 0.864. The molecule has 1 aromatic carbocycles. The molecule has 6 nitrogen and oxygen atoms in total. The first-order valence-corrected chi connectivity index (χ1v) is 11.5. The van der Waals surface area contributed by atoms with E-state index in [-0.39, 0.29) is 24.8 Å². The average Bonchev–Trinajstić information content (AvgIpc) is 3.24. The molecule has 1 fully saturated rings. The number of aromatic nitrogens is 2. The van der Waals surface area contributed by atoms with Crippen molar-refractivity contribution in [2.45, 2.75) is 32.6 Å². The molecular weight excluding hydrogens is 448 g/mol. The van der Waals surface area contributed by atoms with Crippen molar-refractivity contribution in [1.82, 2.24) is 15.1 Å². The van der Waals surface area contributed by atoms with Crippen molar-refractivity contribution in [1.29, 1.82) is 0 Å². The minimum Gasteiger partial charge on any atom is -0.300 e. The van der Waals surface area contributed by atoms with Crippen molar-refractivity contribution < 1.29 is 9.59 Å². The third-order valence-electron chi connectivity index (χ3n) is 4.06. The number of nitrogens with zero attached hydrogens (tertiary/aromatic N) is 3. The number of thioether (sulfide) groups is 1. The number of amides is 2. The Morgan fingerprint density at radius 3 is 2.79 bits per heavy atom. The van der Waals surface area contributed by atoms with E-state index in [0.717, 1.165) is 29.8 Å². The molecule has 3 rings (SSSR count). The lowest BCUT2D eigenvalue weighted by molar-refractivity contribution is -0.122. The van der Waals surface area contributed by atoms with E-state index in [1.54, 1.807) is 18.2 Å². The first kappa shape index (κ1) is 21.9. The fraction of sp³-hybridized carbons (Fsp3) is 0.316. The zero-order valence-corrected chi connectivity index (χ0v) is 18.9. The summed E-state index contributed by atoms with van der Waals surface area (Å²) in [6, 6.07) is 7.19. The molecule has 2 heterocycles. The van der Waals surface area contributed by atoms with Gasteiger partial charge in [0.25, 0.3) is 5.91 Å². The lowest BCUT2D eigenvalue weighted by Gasteiger charge is -2.13. The molecule has 0 saturated carbocycles. The van der Waals surface area contributed by atoms with E-state index in [0.29, 0.717) is 19.4 Å². The Labute approximate surface area is 187 Å². The van der Waals surface area contributed by atoms with Gasteiger partial charge < -0.3 is 5.32 Å². The number of hydrogen-bond acceptors (Lipinski definition) is 7. The van der Waals surface area contributed by atoms with Gasteiger partial charge in [-0.1, -0.05) is 72.4 Å². The molecule has 10 heteroatoms. The molecule has 1 aliphatic rings. The van der Waals surface area contributed by atoms with Gasteiger partial charge >= 0.3 is 0 Å². The molecule has 0 aliphatic carbocycles. The molecule has 2 amide bonds. The van der Waals surface area contributed by atoms with E-state index in [4.69, 9.17) is 23.8 Å². The highest BCUT2D eigenvalue weighted by Crippen LogP contribution is 2.32. The molecule has 1 aliphatic heterocycles. The maximum Gasteiger partial charge on any atom is 0.266 e. The molecule has 0 atom stereocenters. The quantitative estimate of drug-likeness (QED) is 0.446. The van der Waals surface area contributed by atoms with Crippen LogP contribution in [0.25, 0.3) is 6.08 Å². The van der Waals surface area contributed by atoms with Crippen molar-refractivity contribution in [2.24, 2.45) is 0 Å². The fourth-order valence-electron chi connectivity index (χ4n) is 2.53. The Bertz CT molecular complexity index is 943. The van der Waals surface area contributed by atoms with E-state index < -0.39 is 0 Å². The van der Waals surface area contributed by atoms with Crippen LogP contribution in [0.1, 0.15) is 36.8 Å². The van der Waals surface area contributed by atoms with Gasteiger partial charge in [0.05, 0.1) is 4.91 Å². The zero-order chi connectivity index (χ0) is 20.8. The van der Waals surface area contributed by atoms with Gasteiger partial charge in [0, 0.05) is 24.4 Å². The molecule has 1 N–H and O–H groups in total. The lowest BCUT2D eigenvalue weighted by Crippen LogP contribution is -2.31. The molecular formula is C19H19ClN4O2S3. The maximum absolute atomic E-state index is 12.6. The number of rotatable bonds is 8. The average molecular weight is 467 g/mol. The highest BCUT2D eigenvalue weighted by Gasteiger charge is 2.32. The largest absolute Gasteiger partial charge is 0.300 e. The van der Waals surface area contributed by atoms with E-state index in [1.165, 1.54) is 28.0 Å². The second-order valence-corrected chi connectivity index (χ2v) is 9.46. The molecule has 2 aromatic rings. The topological polar surface area (TPSA) is 75.2 Å². The minimum atomic E-state index is -0.223. The number of halogens is 1. The smallest absolute Gasteiger partial charge is 0.266 e. The Hall–Kier alpha value is -1.81. The van der Waals surface area contributed by atoms with Crippen molar-refractivity contribution in [3.8, 4) is 0 Å². The van der Waals surface area contributed by atoms with Crippen LogP contribution < -0.4 is 5.32 Å². The Kier molecular flexibility index (Phi) is 7.77. The number of nitrogens with one attached hydrogen (secondary N) is 1. The Morgan fingerprint density at radius 2 is 2.07 bits per heavy atom. The van der Waals surface area contributed by atoms with Gasteiger partial charge in [-0.25, -0.2) is 0 Å². The number of unbranched alkanes of at least 4 members (excludes halogenated alkanes) is 1. The van der Waals surface area contributed by atoms with E-state index >= 15 is 0 Å². The number of thiocarbonyl (C=S) groups is 1. The number of carbonyl (C=O) groups excluding carboxylic acids is 2. The highest BCUT2D eigenvalue weighted by molar-refractivity contribution is 8.26. The second kappa shape index (κ2) is 10.3. The molecule has 1 saturated heterocycles. The normalized spacial score (nSPS) is 15.4. The Balaban J connectivity index is 1.54. The number of anilines is 1. The standard InChI is InChI=1S/C19H19ClN4O2S3/c1-2-3-4-16-22-23-18(29-16)21-15(25)9-10-24-17(26)14(28-19(24)27)11-12-5-7-13(20)8-6-12/h5-8,11H,2-4,9-10H2,1H3,(H,21,23,25)/b14-11-. The fourth-order valence-corrected chi connectivity index (χ4v) is 4.76. The molecule has 152 valence electrons. The van der Waals surface area contributed by atoms with Crippen molar-refractivity contribution >= 4 is 74.3 Å². The number of carbonyl (C=O) groups is 2. The summed E-state index contributed by atoms with van der Waals surface area (Å²) in [4.78, 5) is 26.8. The molecule has 29 heavy (non-hydrogen) atoms. The number of aryl methyl sites for hydroxylation is 1. The van der Waals surface area contributed by atoms with Crippen LogP contribution in [0.15, 0.2) is 29.2 Å². The van der Waals surface area contributed by atoms with E-state index in [9.17, 15) is 9.59 Å². The van der Waals surface area contributed by atoms with Crippen LogP contribution in [-0.2, 0) is 16.0 Å². The third kappa shape index (κ3) is 6.08. The predicted octanol–water partition coefficient (Wildman–Crippen LogP) is 4.76. The summed E-state index contributed by atoms with van der Waals surface area (Å²) >= 11 is 13.8. The maximum atomic E-state index is 12.6. The predicted molar refractivity (Wildman–Crippen MR) is 123 cm³/mol. The molecule has 1 aromatic heterocycles. The molecule has 0 bridgehead atoms. The summed E-state index contributed by atoms with van der Waals surface area (Å²) in [6.45, 7) is 2.33. The Morgan fingerprint density at radius 1 is 1.31 bits per heavy atom. The zero-order valence-electron chi connectivity index (χ0n) is 15.7. The van der Waals surface area contributed by atoms with Gasteiger partial charge in [0.2, 0.25) is 11.0 Å². The first-order chi connectivity index (χ1) is 14.0. The van der Waals surface area contributed by atoms with Crippen molar-refractivity contribution in [3.63, 3.8) is 0 Å². The first-order valence-electron chi connectivity index (χ1n) is 9.09. The van der Waals surface area contributed by atoms with Gasteiger partial charge in [-0.2, -0.15) is 0 Å². The van der Waals surface area contributed by atoms with Crippen LogP contribution in [0.4, 0.5) is 5.13 Å². The SMILES string of the molecule is CCCCc1nnc(NC(=O)CCN2C(=O)/C(=C/c3ccc(Cl)cc3)SC2=S)s1. The van der Waals surface area contributed by atoms with Gasteiger partial charge in [-0.3, -0.25) is 14.5 Å². The van der Waals surface area contributed by atoms with Crippen LogP contribution in [0.5, 0.6) is 0 Å². The van der Waals surface area contributed by atoms with Crippen LogP contribution in [0, 0.1) is 0 Å². The van der Waals surface area contributed by atoms with Gasteiger partial charge in [-0.15, -0.1) is 10.2 Å². The summed E-state index contributed by atoms with van der Waals surface area (Å²) in [5.74, 6) is -0.417. The number of benzene rings is 1. The van der Waals surface area contributed by atoms with Gasteiger partial charge in [0.15, 0.2) is 0 Å². The van der Waals surface area contributed by atoms with Crippen LogP contribution in [0.3, 0.4) is 0 Å². The van der Waals surface area contributed by atoms with Crippen LogP contribution >= 0.6 is 46.9 Å². The lowest BCUT2D eigenvalue weighted by atomic mass is 10.2. The monoisotopic (exact) mass is 466 g/mol. The van der Waals surface area contributed by atoms with E-state index in [1.807, 2.05) is 12.1 Å². The highest BCUT2D eigenvalue weighted by atomic mass is 35.5. The second-order valence-electron chi connectivity index (χ2n) is 6.29. The molecule has 0 unspecified atom stereocenters. The van der Waals surface area contributed by atoms with E-state index in [2.05, 4.69) is 22.4 Å². The summed E-state index contributed by atoms with van der Waals surface area (Å²) < 4.78 is 0.445. The molecule has 0 spiro atoms.